The van der Waals surface area contributed by atoms with Gasteiger partial charge in [0, 0.05) is 13.2 Å². The summed E-state index contributed by atoms with van der Waals surface area (Å²) in [5.41, 5.74) is 0.471. The maximum atomic E-state index is 12.2. The predicted octanol–water partition coefficient (Wildman–Crippen LogP) is 1.58. The van der Waals surface area contributed by atoms with Crippen molar-refractivity contribution in [1.29, 1.82) is 0 Å². The predicted molar refractivity (Wildman–Crippen MR) is 82.9 cm³/mol. The topological polar surface area (TPSA) is 95.1 Å². The number of nitrogens with one attached hydrogen (secondary N) is 2. The molecule has 0 aliphatic heterocycles. The van der Waals surface area contributed by atoms with Crippen molar-refractivity contribution in [3.63, 3.8) is 0 Å². The normalized spacial score (nSPS) is 11.0. The molecule has 0 bridgehead atoms. The van der Waals surface area contributed by atoms with Crippen LogP contribution in [0.15, 0.2) is 11.1 Å². The van der Waals surface area contributed by atoms with Crippen LogP contribution in [0.2, 0.25) is 0 Å². The number of hydrogen-bond acceptors (Lipinski definition) is 5. The molecule has 0 aromatic carbocycles. The number of aromatic nitrogens is 2. The minimum atomic E-state index is -0.211. The zero-order valence-corrected chi connectivity index (χ0v) is 12.8. The first-order chi connectivity index (χ1) is 10.1. The number of carbonyl (C=O) groups excluding carboxylic acids is 1. The molecule has 0 aliphatic carbocycles. The number of nitrogens with zero attached hydrogens (tertiary/aromatic N) is 1. The Hall–Kier alpha value is -1.73. The van der Waals surface area contributed by atoms with Crippen LogP contribution >= 0.6 is 11.3 Å². The Bertz CT molecular complexity index is 678. The molecule has 0 saturated heterocycles. The standard InChI is InChI=1S/C14H19N3O3S/c1-9-10-12(19)16-8-17-14(10)21-11(9)13(20)15-6-4-2-3-5-7-18/h8,18H,2-7H2,1H3,(H,15,20)(H,16,17,19). The molecule has 0 radical (unpaired) electrons. The zero-order valence-electron chi connectivity index (χ0n) is 11.9. The lowest BCUT2D eigenvalue weighted by atomic mass is 10.2. The van der Waals surface area contributed by atoms with Crippen LogP contribution in [0.25, 0.3) is 10.2 Å². The second-order valence-electron chi connectivity index (χ2n) is 4.86. The first kappa shape index (κ1) is 15.7. The highest BCUT2D eigenvalue weighted by Crippen LogP contribution is 2.26. The summed E-state index contributed by atoms with van der Waals surface area (Å²) in [7, 11) is 0. The number of aliphatic hydroxyl groups is 1. The second kappa shape index (κ2) is 7.33. The highest BCUT2D eigenvalue weighted by Gasteiger charge is 2.17. The molecule has 2 aromatic heterocycles. The molecule has 2 aromatic rings. The summed E-state index contributed by atoms with van der Waals surface area (Å²) in [4.78, 5) is 31.7. The minimum Gasteiger partial charge on any atom is -0.396 e. The van der Waals surface area contributed by atoms with Crippen molar-refractivity contribution in [3.05, 3.63) is 27.1 Å². The van der Waals surface area contributed by atoms with Crippen LogP contribution in [-0.2, 0) is 0 Å². The third kappa shape index (κ3) is 3.68. The molecule has 3 N–H and O–H groups in total. The van der Waals surface area contributed by atoms with Crippen molar-refractivity contribution in [2.24, 2.45) is 0 Å². The molecule has 114 valence electrons. The number of carbonyl (C=O) groups is 1. The van der Waals surface area contributed by atoms with E-state index in [0.29, 0.717) is 27.2 Å². The molecule has 0 fully saturated rings. The molecule has 0 unspecified atom stereocenters. The first-order valence-electron chi connectivity index (χ1n) is 7.01. The van der Waals surface area contributed by atoms with E-state index in [9.17, 15) is 9.59 Å². The maximum absolute atomic E-state index is 12.2. The summed E-state index contributed by atoms with van der Waals surface area (Å²) in [6.45, 7) is 2.59. The summed E-state index contributed by atoms with van der Waals surface area (Å²) < 4.78 is 0. The maximum Gasteiger partial charge on any atom is 0.261 e. The van der Waals surface area contributed by atoms with Gasteiger partial charge in [-0.25, -0.2) is 4.98 Å². The molecule has 7 heteroatoms. The van der Waals surface area contributed by atoms with E-state index in [1.54, 1.807) is 6.92 Å². The van der Waals surface area contributed by atoms with Crippen LogP contribution in [0.4, 0.5) is 0 Å². The van der Waals surface area contributed by atoms with Gasteiger partial charge in [-0.1, -0.05) is 12.8 Å². The van der Waals surface area contributed by atoms with Crippen molar-refractivity contribution in [2.45, 2.75) is 32.6 Å². The Kier molecular flexibility index (Phi) is 5.46. The number of hydrogen-bond donors (Lipinski definition) is 3. The number of unbranched alkanes of at least 4 members (excludes halogenated alkanes) is 3. The van der Waals surface area contributed by atoms with Crippen LogP contribution in [0.3, 0.4) is 0 Å². The quantitative estimate of drug-likeness (QED) is 0.677. The molecule has 0 atom stereocenters. The second-order valence-corrected chi connectivity index (χ2v) is 5.86. The molecule has 2 rings (SSSR count). The molecule has 6 nitrogen and oxygen atoms in total. The van der Waals surface area contributed by atoms with Gasteiger partial charge in [0.05, 0.1) is 16.6 Å². The molecule has 2 heterocycles. The van der Waals surface area contributed by atoms with E-state index in [4.69, 9.17) is 5.11 Å². The van der Waals surface area contributed by atoms with E-state index < -0.39 is 0 Å². The molecule has 0 aliphatic rings. The Balaban J connectivity index is 1.99. The third-order valence-electron chi connectivity index (χ3n) is 3.31. The summed E-state index contributed by atoms with van der Waals surface area (Å²) in [6, 6.07) is 0. The number of amides is 1. The fourth-order valence-corrected chi connectivity index (χ4v) is 3.23. The lowest BCUT2D eigenvalue weighted by molar-refractivity contribution is 0.0956. The lowest BCUT2D eigenvalue weighted by Gasteiger charge is -2.04. The van der Waals surface area contributed by atoms with Crippen LogP contribution in [-0.4, -0.2) is 34.1 Å². The van der Waals surface area contributed by atoms with Crippen molar-refractivity contribution in [1.82, 2.24) is 15.3 Å². The van der Waals surface area contributed by atoms with Gasteiger partial charge >= 0.3 is 0 Å². The lowest BCUT2D eigenvalue weighted by Crippen LogP contribution is -2.24. The van der Waals surface area contributed by atoms with E-state index in [1.165, 1.54) is 17.7 Å². The van der Waals surface area contributed by atoms with Crippen molar-refractivity contribution in [2.75, 3.05) is 13.2 Å². The summed E-state index contributed by atoms with van der Waals surface area (Å²) >= 11 is 1.24. The Labute approximate surface area is 126 Å². The summed E-state index contributed by atoms with van der Waals surface area (Å²) in [5.74, 6) is -0.156. The van der Waals surface area contributed by atoms with Gasteiger partial charge in [-0.3, -0.25) is 9.59 Å². The average molecular weight is 309 g/mol. The number of thiophene rings is 1. The van der Waals surface area contributed by atoms with E-state index >= 15 is 0 Å². The molecular weight excluding hydrogens is 290 g/mol. The van der Waals surface area contributed by atoms with E-state index in [2.05, 4.69) is 15.3 Å². The summed E-state index contributed by atoms with van der Waals surface area (Å²) in [6.07, 6.45) is 4.98. The van der Waals surface area contributed by atoms with Crippen LogP contribution < -0.4 is 10.9 Å². The zero-order chi connectivity index (χ0) is 15.2. The van der Waals surface area contributed by atoms with Gasteiger partial charge < -0.3 is 15.4 Å². The van der Waals surface area contributed by atoms with E-state index in [1.807, 2.05) is 0 Å². The van der Waals surface area contributed by atoms with E-state index in [-0.39, 0.29) is 18.1 Å². The SMILES string of the molecule is Cc1c(C(=O)NCCCCCCO)sc2nc[nH]c(=O)c12. The minimum absolute atomic E-state index is 0.156. The monoisotopic (exact) mass is 309 g/mol. The van der Waals surface area contributed by atoms with Crippen LogP contribution in [0.1, 0.15) is 40.9 Å². The number of rotatable bonds is 7. The summed E-state index contributed by atoms with van der Waals surface area (Å²) in [5, 5.41) is 12.0. The van der Waals surface area contributed by atoms with Gasteiger partial charge in [0.2, 0.25) is 0 Å². The van der Waals surface area contributed by atoms with Gasteiger partial charge in [-0.2, -0.15) is 0 Å². The van der Waals surface area contributed by atoms with Gasteiger partial charge in [0.1, 0.15) is 4.83 Å². The van der Waals surface area contributed by atoms with Crippen LogP contribution in [0, 0.1) is 6.92 Å². The van der Waals surface area contributed by atoms with Crippen molar-refractivity contribution < 1.29 is 9.90 Å². The third-order valence-corrected chi connectivity index (χ3v) is 4.51. The van der Waals surface area contributed by atoms with Gasteiger partial charge in [0.25, 0.3) is 11.5 Å². The number of H-pyrrole nitrogens is 1. The largest absolute Gasteiger partial charge is 0.396 e. The van der Waals surface area contributed by atoms with Crippen molar-refractivity contribution in [3.8, 4) is 0 Å². The van der Waals surface area contributed by atoms with E-state index in [0.717, 1.165) is 25.7 Å². The van der Waals surface area contributed by atoms with Gasteiger partial charge in [-0.15, -0.1) is 11.3 Å². The number of aryl methyl sites for hydroxylation is 1. The molecular formula is C14H19N3O3S. The average Bonchev–Trinajstić information content (AvgIpc) is 2.81. The molecule has 1 amide bonds. The number of aliphatic hydroxyl groups excluding tert-OH is 1. The fourth-order valence-electron chi connectivity index (χ4n) is 2.17. The Morgan fingerprint density at radius 1 is 1.38 bits per heavy atom. The van der Waals surface area contributed by atoms with Crippen LogP contribution in [0.5, 0.6) is 0 Å². The Morgan fingerprint density at radius 3 is 2.86 bits per heavy atom. The Morgan fingerprint density at radius 2 is 2.14 bits per heavy atom. The smallest absolute Gasteiger partial charge is 0.261 e. The highest BCUT2D eigenvalue weighted by atomic mass is 32.1. The highest BCUT2D eigenvalue weighted by molar-refractivity contribution is 7.20. The molecule has 21 heavy (non-hydrogen) atoms. The molecule has 0 spiro atoms. The van der Waals surface area contributed by atoms with Gasteiger partial charge in [0.15, 0.2) is 0 Å². The number of aromatic amines is 1. The van der Waals surface area contributed by atoms with Crippen molar-refractivity contribution >= 4 is 27.5 Å². The molecule has 0 saturated carbocycles. The van der Waals surface area contributed by atoms with Gasteiger partial charge in [-0.05, 0) is 25.3 Å². The first-order valence-corrected chi connectivity index (χ1v) is 7.82. The fraction of sp³-hybridized carbons (Fsp3) is 0.500. The number of fused-ring (bicyclic) bond motifs is 1.